The van der Waals surface area contributed by atoms with E-state index in [0.717, 1.165) is 21.4 Å². The molecule has 0 aliphatic heterocycles. The van der Waals surface area contributed by atoms with Crippen molar-refractivity contribution in [3.05, 3.63) is 64.6 Å². The van der Waals surface area contributed by atoms with Gasteiger partial charge >= 0.3 is 0 Å². The summed E-state index contributed by atoms with van der Waals surface area (Å²) >= 11 is 3.40. The lowest BCUT2D eigenvalue weighted by Crippen LogP contribution is -1.99. The van der Waals surface area contributed by atoms with E-state index in [4.69, 9.17) is 0 Å². The van der Waals surface area contributed by atoms with Crippen molar-refractivity contribution in [3.8, 4) is 0 Å². The van der Waals surface area contributed by atoms with Gasteiger partial charge in [-0.3, -0.25) is 5.43 Å². The number of hydrogen-bond donors (Lipinski definition) is 1. The molecule has 1 N–H and O–H groups in total. The molecule has 0 amide bonds. The maximum absolute atomic E-state index is 4.35. The van der Waals surface area contributed by atoms with Crippen LogP contribution in [0.3, 0.4) is 0 Å². The molecule has 0 aliphatic carbocycles. The maximum atomic E-state index is 4.35. The molecule has 0 aromatic heterocycles. The highest BCUT2D eigenvalue weighted by molar-refractivity contribution is 9.10. The van der Waals surface area contributed by atoms with Crippen LogP contribution in [0.2, 0.25) is 0 Å². The largest absolute Gasteiger partial charge is 0.278 e. The Morgan fingerprint density at radius 1 is 1.00 bits per heavy atom. The monoisotopic (exact) mass is 288 g/mol. The lowest BCUT2D eigenvalue weighted by molar-refractivity contribution is 1.32. The first kappa shape index (κ1) is 11.9. The molecule has 0 heterocycles. The Morgan fingerprint density at radius 3 is 2.29 bits per heavy atom. The van der Waals surface area contributed by atoms with E-state index in [1.54, 1.807) is 0 Å². The van der Waals surface area contributed by atoms with Crippen LogP contribution in [-0.2, 0) is 0 Å². The Labute approximate surface area is 110 Å². The zero-order valence-electron chi connectivity index (χ0n) is 9.52. The summed E-state index contributed by atoms with van der Waals surface area (Å²) in [5.74, 6) is 0. The van der Waals surface area contributed by atoms with Gasteiger partial charge in [0.25, 0.3) is 0 Å². The Kier molecular flexibility index (Phi) is 3.94. The first-order valence-electron chi connectivity index (χ1n) is 5.37. The number of hydrazone groups is 1. The van der Waals surface area contributed by atoms with Gasteiger partial charge in [-0.05, 0) is 36.8 Å². The van der Waals surface area contributed by atoms with Crippen LogP contribution in [0.25, 0.3) is 0 Å². The smallest absolute Gasteiger partial charge is 0.0648 e. The highest BCUT2D eigenvalue weighted by Gasteiger charge is 1.95. The first-order chi connectivity index (χ1) is 8.25. The minimum absolute atomic E-state index is 0.966. The van der Waals surface area contributed by atoms with Crippen LogP contribution in [0, 0.1) is 0 Å². The van der Waals surface area contributed by atoms with Gasteiger partial charge in [0.05, 0.1) is 11.4 Å². The lowest BCUT2D eigenvalue weighted by Gasteiger charge is -2.03. The average Bonchev–Trinajstić information content (AvgIpc) is 2.39. The van der Waals surface area contributed by atoms with Crippen LogP contribution in [0.4, 0.5) is 5.69 Å². The highest BCUT2D eigenvalue weighted by atomic mass is 79.9. The molecule has 0 saturated carbocycles. The maximum Gasteiger partial charge on any atom is 0.0648 e. The van der Waals surface area contributed by atoms with E-state index in [1.165, 1.54) is 0 Å². The quantitative estimate of drug-likeness (QED) is 0.661. The zero-order chi connectivity index (χ0) is 12.1. The van der Waals surface area contributed by atoms with Crippen LogP contribution in [0.5, 0.6) is 0 Å². The minimum Gasteiger partial charge on any atom is -0.278 e. The van der Waals surface area contributed by atoms with Crippen molar-refractivity contribution in [3.63, 3.8) is 0 Å². The van der Waals surface area contributed by atoms with Crippen molar-refractivity contribution in [1.29, 1.82) is 0 Å². The van der Waals surface area contributed by atoms with E-state index in [9.17, 15) is 0 Å². The molecule has 86 valence electrons. The molecule has 0 atom stereocenters. The van der Waals surface area contributed by atoms with Crippen molar-refractivity contribution >= 4 is 27.3 Å². The van der Waals surface area contributed by atoms with Crippen molar-refractivity contribution in [2.75, 3.05) is 5.43 Å². The van der Waals surface area contributed by atoms with Gasteiger partial charge in [0.15, 0.2) is 0 Å². The van der Waals surface area contributed by atoms with Crippen molar-refractivity contribution in [2.24, 2.45) is 5.10 Å². The molecule has 0 spiro atoms. The second-order valence-electron chi connectivity index (χ2n) is 3.68. The summed E-state index contributed by atoms with van der Waals surface area (Å²) in [7, 11) is 0. The third kappa shape index (κ3) is 3.43. The highest BCUT2D eigenvalue weighted by Crippen LogP contribution is 2.14. The molecule has 0 unspecified atom stereocenters. The second-order valence-corrected chi connectivity index (χ2v) is 4.60. The van der Waals surface area contributed by atoms with Gasteiger partial charge in [-0.1, -0.05) is 46.3 Å². The third-order valence-corrected chi connectivity index (χ3v) is 2.92. The molecule has 0 aliphatic rings. The molecule has 0 fully saturated rings. The van der Waals surface area contributed by atoms with Crippen molar-refractivity contribution in [1.82, 2.24) is 0 Å². The summed E-state index contributed by atoms with van der Waals surface area (Å²) in [6, 6.07) is 18.0. The van der Waals surface area contributed by atoms with E-state index in [-0.39, 0.29) is 0 Å². The van der Waals surface area contributed by atoms with Crippen LogP contribution in [0.1, 0.15) is 12.5 Å². The fraction of sp³-hybridized carbons (Fsp3) is 0.0714. The summed E-state index contributed by atoms with van der Waals surface area (Å²) in [6.07, 6.45) is 0. The third-order valence-electron chi connectivity index (χ3n) is 2.39. The molecular weight excluding hydrogens is 276 g/mol. The Morgan fingerprint density at radius 2 is 1.65 bits per heavy atom. The normalized spacial score (nSPS) is 11.3. The molecule has 0 saturated heterocycles. The van der Waals surface area contributed by atoms with E-state index in [2.05, 4.69) is 26.5 Å². The van der Waals surface area contributed by atoms with Gasteiger partial charge in [-0.25, -0.2) is 0 Å². The van der Waals surface area contributed by atoms with Gasteiger partial charge in [0, 0.05) is 4.47 Å². The van der Waals surface area contributed by atoms with Crippen LogP contribution in [0.15, 0.2) is 64.2 Å². The number of benzene rings is 2. The second kappa shape index (κ2) is 5.64. The summed E-state index contributed by atoms with van der Waals surface area (Å²) in [6.45, 7) is 1.99. The van der Waals surface area contributed by atoms with Gasteiger partial charge < -0.3 is 0 Å². The molecule has 0 radical (unpaired) electrons. The van der Waals surface area contributed by atoms with E-state index < -0.39 is 0 Å². The molecule has 2 aromatic carbocycles. The van der Waals surface area contributed by atoms with Gasteiger partial charge in [0.1, 0.15) is 0 Å². The fourth-order valence-electron chi connectivity index (χ4n) is 1.42. The Balaban J connectivity index is 2.08. The number of anilines is 1. The van der Waals surface area contributed by atoms with E-state index in [0.29, 0.717) is 0 Å². The van der Waals surface area contributed by atoms with E-state index >= 15 is 0 Å². The molecule has 3 heteroatoms. The van der Waals surface area contributed by atoms with Crippen molar-refractivity contribution < 1.29 is 0 Å². The van der Waals surface area contributed by atoms with Crippen LogP contribution < -0.4 is 5.43 Å². The molecule has 17 heavy (non-hydrogen) atoms. The predicted octanol–water partition coefficient (Wildman–Crippen LogP) is 4.29. The zero-order valence-corrected chi connectivity index (χ0v) is 11.1. The van der Waals surface area contributed by atoms with Gasteiger partial charge in [-0.15, -0.1) is 0 Å². The molecule has 2 rings (SSSR count). The summed E-state index contributed by atoms with van der Waals surface area (Å²) in [5.41, 5.74) is 6.10. The average molecular weight is 289 g/mol. The number of hydrogen-bond acceptors (Lipinski definition) is 2. The SMILES string of the molecule is C/C(=N\Nc1ccc(Br)cc1)c1ccccc1. The summed E-state index contributed by atoms with van der Waals surface area (Å²) < 4.78 is 1.06. The predicted molar refractivity (Wildman–Crippen MR) is 76.4 cm³/mol. The lowest BCUT2D eigenvalue weighted by atomic mass is 10.1. The Bertz CT molecular complexity index is 504. The topological polar surface area (TPSA) is 24.4 Å². The molecule has 2 aromatic rings. The van der Waals surface area contributed by atoms with Crippen LogP contribution in [-0.4, -0.2) is 5.71 Å². The standard InChI is InChI=1S/C14H13BrN2/c1-11(12-5-3-2-4-6-12)16-17-14-9-7-13(15)8-10-14/h2-10,17H,1H3/b16-11+. The fourth-order valence-corrected chi connectivity index (χ4v) is 1.68. The molecular formula is C14H13BrN2. The van der Waals surface area contributed by atoms with Crippen molar-refractivity contribution in [2.45, 2.75) is 6.92 Å². The van der Waals surface area contributed by atoms with Gasteiger partial charge in [0.2, 0.25) is 0 Å². The first-order valence-corrected chi connectivity index (χ1v) is 6.16. The summed E-state index contributed by atoms with van der Waals surface area (Å²) in [4.78, 5) is 0. The van der Waals surface area contributed by atoms with Gasteiger partial charge in [-0.2, -0.15) is 5.10 Å². The van der Waals surface area contributed by atoms with Crippen LogP contribution >= 0.6 is 15.9 Å². The number of rotatable bonds is 3. The molecule has 2 nitrogen and oxygen atoms in total. The minimum atomic E-state index is 0.966. The summed E-state index contributed by atoms with van der Waals surface area (Å²) in [5, 5.41) is 4.35. The Hall–Kier alpha value is -1.61. The number of nitrogens with zero attached hydrogens (tertiary/aromatic N) is 1. The number of halogens is 1. The van der Waals surface area contributed by atoms with E-state index in [1.807, 2.05) is 61.5 Å². The number of nitrogens with one attached hydrogen (secondary N) is 1. The molecule has 0 bridgehead atoms.